The van der Waals surface area contributed by atoms with Crippen LogP contribution in [0.25, 0.3) is 0 Å². The van der Waals surface area contributed by atoms with Crippen molar-refractivity contribution in [2.24, 2.45) is 17.8 Å². The lowest BCUT2D eigenvalue weighted by Crippen LogP contribution is -2.49. The first-order valence-electron chi connectivity index (χ1n) is 8.63. The summed E-state index contributed by atoms with van der Waals surface area (Å²) in [5.74, 6) is 1.81. The van der Waals surface area contributed by atoms with Gasteiger partial charge in [-0.1, -0.05) is 6.92 Å². The molecule has 1 amide bonds. The van der Waals surface area contributed by atoms with Gasteiger partial charge < -0.3 is 19.3 Å². The van der Waals surface area contributed by atoms with E-state index in [-0.39, 0.29) is 11.5 Å². The predicted molar refractivity (Wildman–Crippen MR) is 84.6 cm³/mol. The highest BCUT2D eigenvalue weighted by atomic mass is 16.5. The molecule has 3 rings (SSSR count). The lowest BCUT2D eigenvalue weighted by atomic mass is 9.75. The Hall–Kier alpha value is -0.650. The normalized spacial score (nSPS) is 39.1. The Bertz CT molecular complexity index is 409. The van der Waals surface area contributed by atoms with Gasteiger partial charge >= 0.3 is 0 Å². The molecule has 2 saturated heterocycles. The summed E-state index contributed by atoms with van der Waals surface area (Å²) in [6.07, 6.45) is 3.09. The molecule has 3 aliphatic rings. The van der Waals surface area contributed by atoms with E-state index in [2.05, 4.69) is 25.9 Å². The van der Waals surface area contributed by atoms with Crippen molar-refractivity contribution in [3.05, 3.63) is 0 Å². The summed E-state index contributed by atoms with van der Waals surface area (Å²) in [6, 6.07) is 0. The highest BCUT2D eigenvalue weighted by Crippen LogP contribution is 2.37. The van der Waals surface area contributed by atoms with E-state index >= 15 is 0 Å². The number of carbonyl (C=O) groups excluding carboxylic acids is 1. The predicted octanol–water partition coefficient (Wildman–Crippen LogP) is 1.23. The summed E-state index contributed by atoms with van der Waals surface area (Å²) in [5.41, 5.74) is -0.276. The first-order valence-corrected chi connectivity index (χ1v) is 8.63. The second-order valence-corrected chi connectivity index (χ2v) is 7.91. The average molecular weight is 310 g/mol. The molecule has 22 heavy (non-hydrogen) atoms. The van der Waals surface area contributed by atoms with Crippen LogP contribution in [0.3, 0.4) is 0 Å². The number of amides is 1. The van der Waals surface area contributed by atoms with Crippen molar-refractivity contribution in [3.8, 4) is 0 Å². The Labute approximate surface area is 133 Å². The van der Waals surface area contributed by atoms with E-state index in [0.717, 1.165) is 32.4 Å². The molecule has 0 N–H and O–H groups in total. The Morgan fingerprint density at radius 2 is 2.14 bits per heavy atom. The Kier molecular flexibility index (Phi) is 4.76. The van der Waals surface area contributed by atoms with Crippen LogP contribution in [0, 0.1) is 17.8 Å². The first kappa shape index (κ1) is 16.2. The van der Waals surface area contributed by atoms with Gasteiger partial charge in [0, 0.05) is 19.0 Å². The van der Waals surface area contributed by atoms with Crippen LogP contribution in [0.5, 0.6) is 0 Å². The molecule has 2 atom stereocenters. The molecule has 0 aromatic heterocycles. The van der Waals surface area contributed by atoms with E-state index < -0.39 is 0 Å². The minimum Gasteiger partial charge on any atom is -0.377 e. The van der Waals surface area contributed by atoms with E-state index in [9.17, 15) is 4.79 Å². The maximum Gasteiger partial charge on any atom is 0.225 e. The molecular formula is C17H30N2O3. The Balaban J connectivity index is 1.62. The molecule has 5 nitrogen and oxygen atoms in total. The molecule has 1 aliphatic carbocycles. The van der Waals surface area contributed by atoms with Gasteiger partial charge in [0.05, 0.1) is 26.4 Å². The minimum absolute atomic E-state index is 0.240. The van der Waals surface area contributed by atoms with Crippen LogP contribution in [0.2, 0.25) is 0 Å². The quantitative estimate of drug-likeness (QED) is 0.786. The molecule has 1 spiro atoms. The molecular weight excluding hydrogens is 280 g/mol. The summed E-state index contributed by atoms with van der Waals surface area (Å²) in [5, 5.41) is 0. The van der Waals surface area contributed by atoms with Gasteiger partial charge in [-0.3, -0.25) is 4.79 Å². The SMILES string of the molecule is CC1CC(C(=O)N2CCOCC3(CC(CN(C)C)CO3)C2)C1. The fourth-order valence-electron chi connectivity index (χ4n) is 4.24. The lowest BCUT2D eigenvalue weighted by molar-refractivity contribution is -0.142. The number of carbonyl (C=O) groups is 1. The standard InChI is InChI=1S/C17H30N2O3/c1-13-6-15(7-13)16(20)19-4-5-21-12-17(11-19)8-14(10-22-17)9-18(2)3/h13-15H,4-12H2,1-3H3. The van der Waals surface area contributed by atoms with Crippen molar-refractivity contribution in [3.63, 3.8) is 0 Å². The second-order valence-electron chi connectivity index (χ2n) is 7.91. The van der Waals surface area contributed by atoms with Crippen LogP contribution >= 0.6 is 0 Å². The van der Waals surface area contributed by atoms with Crippen LogP contribution in [0.15, 0.2) is 0 Å². The van der Waals surface area contributed by atoms with E-state index in [1.165, 1.54) is 0 Å². The zero-order valence-corrected chi connectivity index (χ0v) is 14.2. The van der Waals surface area contributed by atoms with Crippen LogP contribution in [0.4, 0.5) is 0 Å². The highest BCUT2D eigenvalue weighted by molar-refractivity contribution is 5.79. The number of ether oxygens (including phenoxy) is 2. The fraction of sp³-hybridized carbons (Fsp3) is 0.941. The van der Waals surface area contributed by atoms with Gasteiger partial charge in [0.15, 0.2) is 0 Å². The second kappa shape index (κ2) is 6.46. The van der Waals surface area contributed by atoms with Crippen LogP contribution in [-0.2, 0) is 14.3 Å². The Morgan fingerprint density at radius 1 is 1.36 bits per heavy atom. The number of nitrogens with zero attached hydrogens (tertiary/aromatic N) is 2. The summed E-state index contributed by atoms with van der Waals surface area (Å²) >= 11 is 0. The maximum absolute atomic E-state index is 12.7. The van der Waals surface area contributed by atoms with Crippen molar-refractivity contribution < 1.29 is 14.3 Å². The summed E-state index contributed by atoms with van der Waals surface area (Å²) < 4.78 is 11.9. The topological polar surface area (TPSA) is 42.0 Å². The third-order valence-electron chi connectivity index (χ3n) is 5.29. The smallest absolute Gasteiger partial charge is 0.225 e. The summed E-state index contributed by atoms with van der Waals surface area (Å²) in [6.45, 7) is 6.73. The number of hydrogen-bond acceptors (Lipinski definition) is 4. The molecule has 0 aromatic carbocycles. The van der Waals surface area contributed by atoms with Gasteiger partial charge in [-0.05, 0) is 45.2 Å². The van der Waals surface area contributed by atoms with Gasteiger partial charge in [-0.15, -0.1) is 0 Å². The van der Waals surface area contributed by atoms with E-state index in [1.807, 2.05) is 4.90 Å². The van der Waals surface area contributed by atoms with Gasteiger partial charge in [0.1, 0.15) is 5.60 Å². The van der Waals surface area contributed by atoms with Gasteiger partial charge in [-0.25, -0.2) is 0 Å². The molecule has 3 fully saturated rings. The summed E-state index contributed by atoms with van der Waals surface area (Å²) in [4.78, 5) is 16.9. The van der Waals surface area contributed by atoms with Crippen molar-refractivity contribution >= 4 is 5.91 Å². The third kappa shape index (κ3) is 3.47. The van der Waals surface area contributed by atoms with Crippen LogP contribution in [-0.4, -0.2) is 74.9 Å². The Morgan fingerprint density at radius 3 is 2.82 bits per heavy atom. The molecule has 0 radical (unpaired) electrons. The number of rotatable bonds is 3. The van der Waals surface area contributed by atoms with Crippen LogP contribution < -0.4 is 0 Å². The fourth-order valence-corrected chi connectivity index (χ4v) is 4.24. The molecule has 1 saturated carbocycles. The van der Waals surface area contributed by atoms with Gasteiger partial charge in [-0.2, -0.15) is 0 Å². The third-order valence-corrected chi connectivity index (χ3v) is 5.29. The lowest BCUT2D eigenvalue weighted by Gasteiger charge is -2.38. The molecule has 2 unspecified atom stereocenters. The molecule has 0 aromatic rings. The molecule has 126 valence electrons. The number of hydrogen-bond donors (Lipinski definition) is 0. The average Bonchev–Trinajstić information content (AvgIpc) is 2.67. The minimum atomic E-state index is -0.276. The van der Waals surface area contributed by atoms with Gasteiger partial charge in [0.25, 0.3) is 0 Å². The zero-order chi connectivity index (χ0) is 15.7. The zero-order valence-electron chi connectivity index (χ0n) is 14.2. The van der Waals surface area contributed by atoms with Crippen molar-refractivity contribution in [1.82, 2.24) is 9.80 Å². The van der Waals surface area contributed by atoms with E-state index in [0.29, 0.717) is 44.0 Å². The maximum atomic E-state index is 12.7. The van der Waals surface area contributed by atoms with E-state index in [1.54, 1.807) is 0 Å². The molecule has 5 heteroatoms. The van der Waals surface area contributed by atoms with Crippen molar-refractivity contribution in [1.29, 1.82) is 0 Å². The molecule has 2 heterocycles. The largest absolute Gasteiger partial charge is 0.377 e. The van der Waals surface area contributed by atoms with Crippen molar-refractivity contribution in [2.75, 3.05) is 53.6 Å². The summed E-state index contributed by atoms with van der Waals surface area (Å²) in [7, 11) is 4.20. The molecule has 0 bridgehead atoms. The monoisotopic (exact) mass is 310 g/mol. The van der Waals surface area contributed by atoms with E-state index in [4.69, 9.17) is 9.47 Å². The first-order chi connectivity index (χ1) is 10.5. The highest BCUT2D eigenvalue weighted by Gasteiger charge is 2.45. The van der Waals surface area contributed by atoms with Crippen LogP contribution in [0.1, 0.15) is 26.2 Å². The molecule has 2 aliphatic heterocycles. The van der Waals surface area contributed by atoms with Crippen molar-refractivity contribution in [2.45, 2.75) is 31.8 Å². The van der Waals surface area contributed by atoms with Gasteiger partial charge in [0.2, 0.25) is 5.91 Å².